The van der Waals surface area contributed by atoms with Crippen molar-refractivity contribution in [2.24, 2.45) is 10.9 Å². The number of rotatable bonds is 2. The van der Waals surface area contributed by atoms with Crippen LogP contribution < -0.4 is 10.6 Å². The van der Waals surface area contributed by atoms with Crippen LogP contribution in [0.15, 0.2) is 29.3 Å². The molecule has 1 fully saturated rings. The van der Waals surface area contributed by atoms with Crippen molar-refractivity contribution in [3.63, 3.8) is 0 Å². The van der Waals surface area contributed by atoms with Gasteiger partial charge in [0.25, 0.3) is 5.91 Å². The fourth-order valence-corrected chi connectivity index (χ4v) is 2.76. The van der Waals surface area contributed by atoms with Gasteiger partial charge in [-0.1, -0.05) is 12.1 Å². The monoisotopic (exact) mass is 289 g/mol. The van der Waals surface area contributed by atoms with Crippen LogP contribution in [0.25, 0.3) is 0 Å². The number of hydrogen-bond acceptors (Lipinski definition) is 3. The molecule has 2 aliphatic heterocycles. The quantitative estimate of drug-likeness (QED) is 0.797. The topological polar surface area (TPSA) is 70.6 Å². The van der Waals surface area contributed by atoms with Crippen molar-refractivity contribution in [3.8, 4) is 0 Å². The molecule has 1 atom stereocenters. The summed E-state index contributed by atoms with van der Waals surface area (Å²) in [6.07, 6.45) is 1.71. The minimum absolute atomic E-state index is 0.119. The van der Waals surface area contributed by atoms with E-state index in [1.165, 1.54) is 24.3 Å². The smallest absolute Gasteiger partial charge is 0.264 e. The average molecular weight is 289 g/mol. The lowest BCUT2D eigenvalue weighted by atomic mass is 9.92. The van der Waals surface area contributed by atoms with Gasteiger partial charge in [-0.25, -0.2) is 4.39 Å². The molecular weight excluding hydrogens is 273 g/mol. The first kappa shape index (κ1) is 13.9. The maximum Gasteiger partial charge on any atom is 0.264 e. The number of amides is 2. The number of nitrogens with zero attached hydrogens (tertiary/aromatic N) is 1. The number of carbonyl (C=O) groups excluding carboxylic acids is 2. The first-order valence-electron chi connectivity index (χ1n) is 7.04. The largest absolute Gasteiger partial charge is 0.317 e. The maximum atomic E-state index is 12.9. The molecule has 0 bridgehead atoms. The number of amidine groups is 1. The summed E-state index contributed by atoms with van der Waals surface area (Å²) in [6.45, 7) is 1.71. The Kier molecular flexibility index (Phi) is 3.79. The molecule has 0 spiro atoms. The molecule has 3 rings (SSSR count). The Bertz CT molecular complexity index is 591. The van der Waals surface area contributed by atoms with E-state index in [2.05, 4.69) is 15.6 Å². The first-order valence-corrected chi connectivity index (χ1v) is 7.04. The van der Waals surface area contributed by atoms with E-state index in [0.29, 0.717) is 11.4 Å². The van der Waals surface area contributed by atoms with E-state index < -0.39 is 17.6 Å². The van der Waals surface area contributed by atoms with Gasteiger partial charge >= 0.3 is 0 Å². The lowest BCUT2D eigenvalue weighted by Gasteiger charge is -2.28. The SMILES string of the molecule is O=C1N=C(C2CCNCC2)NC(=O)C1c1ccc(F)cc1. The highest BCUT2D eigenvalue weighted by Gasteiger charge is 2.35. The van der Waals surface area contributed by atoms with Crippen molar-refractivity contribution in [3.05, 3.63) is 35.6 Å². The van der Waals surface area contributed by atoms with Gasteiger partial charge in [0, 0.05) is 5.92 Å². The van der Waals surface area contributed by atoms with E-state index in [1.54, 1.807) is 0 Å². The number of carbonyl (C=O) groups is 2. The van der Waals surface area contributed by atoms with Crippen molar-refractivity contribution >= 4 is 17.6 Å². The minimum Gasteiger partial charge on any atom is -0.317 e. The van der Waals surface area contributed by atoms with Crippen molar-refractivity contribution in [1.29, 1.82) is 0 Å². The summed E-state index contributed by atoms with van der Waals surface area (Å²) >= 11 is 0. The molecule has 1 aromatic rings. The molecule has 1 saturated heterocycles. The van der Waals surface area contributed by atoms with E-state index in [-0.39, 0.29) is 11.8 Å². The van der Waals surface area contributed by atoms with Crippen LogP contribution in [-0.4, -0.2) is 30.7 Å². The minimum atomic E-state index is -0.976. The van der Waals surface area contributed by atoms with Crippen LogP contribution in [0.5, 0.6) is 0 Å². The molecule has 2 heterocycles. The molecule has 2 aliphatic rings. The molecule has 2 N–H and O–H groups in total. The fraction of sp³-hybridized carbons (Fsp3) is 0.400. The molecular formula is C15H16FN3O2. The molecule has 110 valence electrons. The molecule has 0 aliphatic carbocycles. The van der Waals surface area contributed by atoms with E-state index in [9.17, 15) is 14.0 Å². The predicted molar refractivity (Wildman–Crippen MR) is 75.3 cm³/mol. The summed E-state index contributed by atoms with van der Waals surface area (Å²) in [6, 6.07) is 5.37. The van der Waals surface area contributed by atoms with Crippen LogP contribution in [0.3, 0.4) is 0 Å². The second-order valence-electron chi connectivity index (χ2n) is 5.33. The summed E-state index contributed by atoms with van der Waals surface area (Å²) in [5.74, 6) is -1.63. The molecule has 0 radical (unpaired) electrons. The number of benzene rings is 1. The van der Waals surface area contributed by atoms with Gasteiger partial charge in [0.1, 0.15) is 17.6 Å². The Morgan fingerprint density at radius 1 is 1.10 bits per heavy atom. The summed E-state index contributed by atoms with van der Waals surface area (Å²) in [5, 5.41) is 5.98. The molecule has 1 aromatic carbocycles. The Labute approximate surface area is 121 Å². The van der Waals surface area contributed by atoms with E-state index in [0.717, 1.165) is 25.9 Å². The van der Waals surface area contributed by atoms with E-state index >= 15 is 0 Å². The van der Waals surface area contributed by atoms with Gasteiger partial charge in [-0.05, 0) is 43.6 Å². The van der Waals surface area contributed by atoms with Gasteiger partial charge in [-0.2, -0.15) is 4.99 Å². The molecule has 2 amide bonds. The summed E-state index contributed by atoms with van der Waals surface area (Å²) in [5.41, 5.74) is 0.465. The number of hydrogen-bond donors (Lipinski definition) is 2. The zero-order valence-electron chi connectivity index (χ0n) is 11.4. The van der Waals surface area contributed by atoms with Crippen LogP contribution >= 0.6 is 0 Å². The van der Waals surface area contributed by atoms with Gasteiger partial charge in [-0.3, -0.25) is 9.59 Å². The Morgan fingerprint density at radius 2 is 1.76 bits per heavy atom. The fourth-order valence-electron chi connectivity index (χ4n) is 2.76. The lowest BCUT2D eigenvalue weighted by molar-refractivity contribution is -0.130. The standard InChI is InChI=1S/C15H16FN3O2/c16-11-3-1-9(2-4-11)12-14(20)18-13(19-15(12)21)10-5-7-17-8-6-10/h1-4,10,12,17H,5-8H2,(H,18,19,20,21). The average Bonchev–Trinajstić information content (AvgIpc) is 2.49. The zero-order valence-corrected chi connectivity index (χ0v) is 11.4. The highest BCUT2D eigenvalue weighted by Crippen LogP contribution is 2.23. The van der Waals surface area contributed by atoms with Crippen LogP contribution in [0, 0.1) is 11.7 Å². The summed E-state index contributed by atoms with van der Waals surface area (Å²) in [7, 11) is 0. The maximum absolute atomic E-state index is 12.9. The first-order chi connectivity index (χ1) is 10.1. The summed E-state index contributed by atoms with van der Waals surface area (Å²) in [4.78, 5) is 28.5. The lowest BCUT2D eigenvalue weighted by Crippen LogP contribution is -2.47. The predicted octanol–water partition coefficient (Wildman–Crippen LogP) is 0.964. The van der Waals surface area contributed by atoms with Crippen LogP contribution in [0.1, 0.15) is 24.3 Å². The summed E-state index contributed by atoms with van der Waals surface area (Å²) < 4.78 is 12.9. The highest BCUT2D eigenvalue weighted by atomic mass is 19.1. The zero-order chi connectivity index (χ0) is 14.8. The molecule has 5 nitrogen and oxygen atoms in total. The van der Waals surface area contributed by atoms with Gasteiger partial charge in [0.2, 0.25) is 5.91 Å². The van der Waals surface area contributed by atoms with E-state index in [1.807, 2.05) is 0 Å². The Balaban J connectivity index is 1.83. The van der Waals surface area contributed by atoms with Crippen molar-refractivity contribution in [1.82, 2.24) is 10.6 Å². The van der Waals surface area contributed by atoms with Crippen LogP contribution in [0.4, 0.5) is 4.39 Å². The van der Waals surface area contributed by atoms with Crippen molar-refractivity contribution < 1.29 is 14.0 Å². The number of aliphatic imine (C=N–C) groups is 1. The Morgan fingerprint density at radius 3 is 2.38 bits per heavy atom. The third-order valence-corrected chi connectivity index (χ3v) is 3.92. The van der Waals surface area contributed by atoms with E-state index in [4.69, 9.17) is 0 Å². The van der Waals surface area contributed by atoms with Crippen LogP contribution in [0.2, 0.25) is 0 Å². The molecule has 0 aromatic heterocycles. The highest BCUT2D eigenvalue weighted by molar-refractivity contribution is 6.19. The second kappa shape index (κ2) is 5.73. The number of piperidine rings is 1. The van der Waals surface area contributed by atoms with Crippen molar-refractivity contribution in [2.45, 2.75) is 18.8 Å². The molecule has 0 saturated carbocycles. The molecule has 21 heavy (non-hydrogen) atoms. The molecule has 1 unspecified atom stereocenters. The second-order valence-corrected chi connectivity index (χ2v) is 5.33. The van der Waals surface area contributed by atoms with Crippen molar-refractivity contribution in [2.75, 3.05) is 13.1 Å². The normalized spacial score (nSPS) is 23.7. The molecule has 6 heteroatoms. The Hall–Kier alpha value is -2.08. The third-order valence-electron chi connectivity index (χ3n) is 3.92. The number of nitrogens with one attached hydrogen (secondary N) is 2. The van der Waals surface area contributed by atoms with Crippen LogP contribution in [-0.2, 0) is 9.59 Å². The number of halogens is 1. The van der Waals surface area contributed by atoms with Gasteiger partial charge < -0.3 is 10.6 Å². The third kappa shape index (κ3) is 2.85. The van der Waals surface area contributed by atoms with Gasteiger partial charge in [-0.15, -0.1) is 0 Å². The van der Waals surface area contributed by atoms with Gasteiger partial charge in [0.15, 0.2) is 0 Å². The van der Waals surface area contributed by atoms with Gasteiger partial charge in [0.05, 0.1) is 0 Å².